The first-order valence-corrected chi connectivity index (χ1v) is 18.1. The zero-order valence-corrected chi connectivity index (χ0v) is 29.1. The van der Waals surface area contributed by atoms with Gasteiger partial charge >= 0.3 is 5.97 Å². The number of fused-ring (bicyclic) bond motifs is 1. The number of hydrogen-bond acceptors (Lipinski definition) is 7. The molecule has 0 saturated carbocycles. The quantitative estimate of drug-likeness (QED) is 0.0757. The van der Waals surface area contributed by atoms with Crippen LogP contribution in [0.15, 0.2) is 102 Å². The highest BCUT2D eigenvalue weighted by Crippen LogP contribution is 2.29. The molecule has 1 aromatic heterocycles. The van der Waals surface area contributed by atoms with Gasteiger partial charge in [0.05, 0.1) is 33.8 Å². The lowest BCUT2D eigenvalue weighted by atomic mass is 10.1. The van der Waals surface area contributed by atoms with E-state index in [0.29, 0.717) is 61.4 Å². The number of rotatable bonds is 16. The second-order valence-electron chi connectivity index (χ2n) is 11.7. The maximum Gasteiger partial charge on any atom is 0.338 e. The normalized spacial score (nSPS) is 11.6. The Morgan fingerprint density at radius 2 is 1.49 bits per heavy atom. The molecule has 5 aromatic rings. The van der Waals surface area contributed by atoms with E-state index < -0.39 is 10.0 Å². The number of amidine groups is 1. The number of aryl methyl sites for hydroxylation is 2. The van der Waals surface area contributed by atoms with Crippen molar-refractivity contribution >= 4 is 38.5 Å². The first-order valence-electron chi connectivity index (χ1n) is 16.6. The summed E-state index contributed by atoms with van der Waals surface area (Å²) >= 11 is 0. The highest BCUT2D eigenvalue weighted by molar-refractivity contribution is 7.92. The van der Waals surface area contributed by atoms with Crippen molar-refractivity contribution in [3.05, 3.63) is 125 Å². The number of nitrogen functional groups attached to an aromatic ring is 1. The van der Waals surface area contributed by atoms with E-state index >= 15 is 0 Å². The largest absolute Gasteiger partial charge is 0.462 e. The van der Waals surface area contributed by atoms with E-state index in [9.17, 15) is 13.2 Å². The van der Waals surface area contributed by atoms with Crippen molar-refractivity contribution in [3.63, 3.8) is 0 Å². The number of carbonyl (C=O) groups excluding carboxylic acids is 1. The van der Waals surface area contributed by atoms with E-state index in [1.165, 1.54) is 4.31 Å². The minimum atomic E-state index is -3.85. The Bertz CT molecular complexity index is 1990. The Balaban J connectivity index is 1.53. The summed E-state index contributed by atoms with van der Waals surface area (Å²) in [5.41, 5.74) is 11.0. The van der Waals surface area contributed by atoms with Crippen molar-refractivity contribution in [3.8, 4) is 0 Å². The first kappa shape index (κ1) is 35.3. The number of likely N-dealkylation sites (N-methyl/N-ethyl adjacent to an activating group) is 1. The zero-order chi connectivity index (χ0) is 35.0. The smallest absolute Gasteiger partial charge is 0.338 e. The Morgan fingerprint density at radius 3 is 2.12 bits per heavy atom. The Kier molecular flexibility index (Phi) is 11.5. The molecule has 0 aliphatic carbocycles. The summed E-state index contributed by atoms with van der Waals surface area (Å²) in [7, 11) is -3.85. The van der Waals surface area contributed by atoms with Crippen molar-refractivity contribution in [2.75, 3.05) is 37.1 Å². The van der Waals surface area contributed by atoms with Gasteiger partial charge in [-0.2, -0.15) is 0 Å². The van der Waals surface area contributed by atoms with Gasteiger partial charge in [-0.15, -0.1) is 0 Å². The Morgan fingerprint density at radius 1 is 0.837 bits per heavy atom. The van der Waals surface area contributed by atoms with Crippen molar-refractivity contribution < 1.29 is 17.9 Å². The van der Waals surface area contributed by atoms with Crippen LogP contribution in [0.1, 0.15) is 53.6 Å². The molecule has 49 heavy (non-hydrogen) atoms. The lowest BCUT2D eigenvalue weighted by Crippen LogP contribution is -2.38. The molecule has 0 amide bonds. The number of anilines is 1. The average molecular weight is 681 g/mol. The number of benzene rings is 4. The van der Waals surface area contributed by atoms with Gasteiger partial charge in [0.25, 0.3) is 10.0 Å². The lowest BCUT2D eigenvalue weighted by Gasteiger charge is -2.27. The predicted molar refractivity (Wildman–Crippen MR) is 195 cm³/mol. The van der Waals surface area contributed by atoms with Gasteiger partial charge in [-0.05, 0) is 80.0 Å². The average Bonchev–Trinajstić information content (AvgIpc) is 3.46. The number of esters is 1. The summed E-state index contributed by atoms with van der Waals surface area (Å²) in [6.07, 6.45) is 1.33. The van der Waals surface area contributed by atoms with Gasteiger partial charge in [0.15, 0.2) is 0 Å². The third-order valence-electron chi connectivity index (χ3n) is 8.65. The minimum Gasteiger partial charge on any atom is -0.462 e. The van der Waals surface area contributed by atoms with Gasteiger partial charge in [-0.1, -0.05) is 68.4 Å². The molecule has 10 nitrogen and oxygen atoms in total. The molecule has 0 spiro atoms. The maximum atomic E-state index is 14.0. The Hall–Kier alpha value is -5.00. The van der Waals surface area contributed by atoms with Crippen LogP contribution in [0.5, 0.6) is 0 Å². The van der Waals surface area contributed by atoms with Gasteiger partial charge in [-0.3, -0.25) is 9.71 Å². The SMILES string of the molecule is CCOC(=O)c1ccc(Cn2c(CCc3ccc(C(=N)N)cc3)nc3cc(N(CCN(CC)CC)S(=O)(=O)c4ccccc4)ccc32)cc1. The molecule has 0 saturated heterocycles. The second kappa shape index (κ2) is 15.9. The van der Waals surface area contributed by atoms with Gasteiger partial charge < -0.3 is 19.9 Å². The minimum absolute atomic E-state index is 0.0264. The zero-order valence-electron chi connectivity index (χ0n) is 28.3. The van der Waals surface area contributed by atoms with E-state index in [-0.39, 0.29) is 16.7 Å². The van der Waals surface area contributed by atoms with Crippen molar-refractivity contribution in [1.29, 1.82) is 5.41 Å². The number of aromatic nitrogens is 2. The van der Waals surface area contributed by atoms with E-state index in [2.05, 4.69) is 23.3 Å². The third kappa shape index (κ3) is 8.36. The van der Waals surface area contributed by atoms with Crippen LogP contribution < -0.4 is 10.0 Å². The van der Waals surface area contributed by atoms with Gasteiger partial charge in [0.1, 0.15) is 11.7 Å². The molecular weight excluding hydrogens is 637 g/mol. The molecule has 5 rings (SSSR count). The number of hydrogen-bond donors (Lipinski definition) is 2. The van der Waals surface area contributed by atoms with Crippen LogP contribution in [-0.2, 0) is 34.1 Å². The molecule has 0 fully saturated rings. The molecule has 0 bridgehead atoms. The molecule has 256 valence electrons. The van der Waals surface area contributed by atoms with Crippen LogP contribution in [0.25, 0.3) is 11.0 Å². The topological polar surface area (TPSA) is 135 Å². The number of carbonyl (C=O) groups is 1. The summed E-state index contributed by atoms with van der Waals surface area (Å²) in [5, 5.41) is 7.69. The summed E-state index contributed by atoms with van der Waals surface area (Å²) < 4.78 is 36.9. The third-order valence-corrected chi connectivity index (χ3v) is 10.5. The number of imidazole rings is 1. The van der Waals surface area contributed by atoms with Gasteiger partial charge in [-0.25, -0.2) is 18.2 Å². The van der Waals surface area contributed by atoms with E-state index in [4.69, 9.17) is 20.9 Å². The summed E-state index contributed by atoms with van der Waals surface area (Å²) in [6.45, 7) is 9.26. The standard InChI is InChI=1S/C38H44N6O4S/c1-4-42(5-2)24-25-44(49(46,47)33-10-8-7-9-11-33)32-21-22-35-34(26-32)41-36(23-16-28-12-17-30(18-13-28)37(39)40)43(35)27-29-14-19-31(20-15-29)38(45)48-6-3/h7-15,17-22,26H,4-6,16,23-25,27H2,1-3H3,(H3,39,40). The van der Waals surface area contributed by atoms with E-state index in [1.807, 2.05) is 60.7 Å². The van der Waals surface area contributed by atoms with Crippen LogP contribution >= 0.6 is 0 Å². The number of nitrogens with two attached hydrogens (primary N) is 1. The maximum absolute atomic E-state index is 14.0. The highest BCUT2D eigenvalue weighted by Gasteiger charge is 2.26. The number of nitrogens with zero attached hydrogens (tertiary/aromatic N) is 4. The fraction of sp³-hybridized carbons (Fsp3) is 0.289. The van der Waals surface area contributed by atoms with Crippen LogP contribution in [-0.4, -0.2) is 67.5 Å². The second-order valence-corrected chi connectivity index (χ2v) is 13.6. The molecule has 11 heteroatoms. The number of ether oxygens (including phenoxy) is 1. The molecule has 0 aliphatic rings. The van der Waals surface area contributed by atoms with E-state index in [1.54, 1.807) is 43.3 Å². The molecule has 3 N–H and O–H groups in total. The highest BCUT2D eigenvalue weighted by atomic mass is 32.2. The van der Waals surface area contributed by atoms with Crippen LogP contribution in [0.4, 0.5) is 5.69 Å². The van der Waals surface area contributed by atoms with Crippen LogP contribution in [0.3, 0.4) is 0 Å². The first-order chi connectivity index (χ1) is 23.6. The Labute approximate surface area is 288 Å². The van der Waals surface area contributed by atoms with Crippen LogP contribution in [0, 0.1) is 5.41 Å². The molecule has 0 aliphatic heterocycles. The predicted octanol–water partition coefficient (Wildman–Crippen LogP) is 5.87. The molecule has 0 radical (unpaired) electrons. The molecule has 0 unspecified atom stereocenters. The fourth-order valence-electron chi connectivity index (χ4n) is 5.82. The van der Waals surface area contributed by atoms with Crippen molar-refractivity contribution in [1.82, 2.24) is 14.5 Å². The molecular formula is C38H44N6O4S. The molecule has 1 heterocycles. The van der Waals surface area contributed by atoms with Crippen molar-refractivity contribution in [2.45, 2.75) is 45.1 Å². The number of nitrogens with one attached hydrogen (secondary N) is 1. The summed E-state index contributed by atoms with van der Waals surface area (Å²) in [6, 6.07) is 29.2. The van der Waals surface area contributed by atoms with Gasteiger partial charge in [0.2, 0.25) is 0 Å². The fourth-order valence-corrected chi connectivity index (χ4v) is 7.29. The monoisotopic (exact) mass is 680 g/mol. The van der Waals surface area contributed by atoms with Gasteiger partial charge in [0, 0.05) is 31.6 Å². The van der Waals surface area contributed by atoms with E-state index in [0.717, 1.165) is 35.6 Å². The molecule has 0 atom stereocenters. The summed E-state index contributed by atoms with van der Waals surface area (Å²) in [4.78, 5) is 19.8. The number of sulfonamides is 1. The van der Waals surface area contributed by atoms with Crippen LogP contribution in [0.2, 0.25) is 0 Å². The summed E-state index contributed by atoms with van der Waals surface area (Å²) in [5.74, 6) is 0.513. The lowest BCUT2D eigenvalue weighted by molar-refractivity contribution is 0.0526. The molecule has 4 aromatic carbocycles. The van der Waals surface area contributed by atoms with Crippen molar-refractivity contribution in [2.24, 2.45) is 5.73 Å².